The molecule has 2 aromatic rings. The van der Waals surface area contributed by atoms with E-state index in [1.807, 2.05) is 0 Å². The average Bonchev–Trinajstić information content (AvgIpc) is 2.58. The van der Waals surface area contributed by atoms with Gasteiger partial charge < -0.3 is 10.4 Å². The molecule has 2 aromatic carbocycles. The SMILES string of the molecule is O=C(CCC(=O)Nc1ccc(F)cc1)N/N=C/c1cc(Br)ccc1O. The second-order valence-electron chi connectivity index (χ2n) is 5.05. The molecule has 0 heterocycles. The molecule has 0 aliphatic carbocycles. The topological polar surface area (TPSA) is 90.8 Å². The van der Waals surface area contributed by atoms with E-state index in [4.69, 9.17) is 0 Å². The molecule has 2 amide bonds. The number of amides is 2. The fraction of sp³-hybridized carbons (Fsp3) is 0.118. The number of rotatable bonds is 6. The highest BCUT2D eigenvalue weighted by atomic mass is 79.9. The summed E-state index contributed by atoms with van der Waals surface area (Å²) in [6.07, 6.45) is 1.20. The molecule has 8 heteroatoms. The number of anilines is 1. The van der Waals surface area contributed by atoms with Gasteiger partial charge in [0.1, 0.15) is 11.6 Å². The summed E-state index contributed by atoms with van der Waals surface area (Å²) >= 11 is 3.26. The van der Waals surface area contributed by atoms with Gasteiger partial charge in [-0.2, -0.15) is 5.10 Å². The first-order chi connectivity index (χ1) is 11.9. The summed E-state index contributed by atoms with van der Waals surface area (Å²) in [4.78, 5) is 23.4. The minimum absolute atomic E-state index is 0.0277. The molecule has 3 N–H and O–H groups in total. The van der Waals surface area contributed by atoms with E-state index < -0.39 is 11.7 Å². The maximum Gasteiger partial charge on any atom is 0.240 e. The van der Waals surface area contributed by atoms with E-state index in [1.165, 1.54) is 36.5 Å². The Balaban J connectivity index is 1.76. The first-order valence-corrected chi connectivity index (χ1v) is 8.09. The third-order valence-electron chi connectivity index (χ3n) is 3.09. The fourth-order valence-corrected chi connectivity index (χ4v) is 2.22. The molecule has 0 saturated carbocycles. The van der Waals surface area contributed by atoms with E-state index in [-0.39, 0.29) is 24.5 Å². The van der Waals surface area contributed by atoms with Crippen molar-refractivity contribution in [1.29, 1.82) is 0 Å². The predicted octanol–water partition coefficient (Wildman–Crippen LogP) is 3.16. The van der Waals surface area contributed by atoms with Gasteiger partial charge in [-0.05, 0) is 42.5 Å². The van der Waals surface area contributed by atoms with Crippen LogP contribution in [0.25, 0.3) is 0 Å². The molecule has 2 rings (SSSR count). The van der Waals surface area contributed by atoms with Crippen molar-refractivity contribution in [2.24, 2.45) is 5.10 Å². The smallest absolute Gasteiger partial charge is 0.240 e. The maximum absolute atomic E-state index is 12.8. The zero-order chi connectivity index (χ0) is 18.2. The maximum atomic E-state index is 12.8. The minimum Gasteiger partial charge on any atom is -0.507 e. The third kappa shape index (κ3) is 6.34. The lowest BCUT2D eigenvalue weighted by molar-refractivity contribution is -0.124. The molecule has 0 aliphatic rings. The number of hydrogen-bond donors (Lipinski definition) is 3. The summed E-state index contributed by atoms with van der Waals surface area (Å²) in [7, 11) is 0. The molecule has 0 fully saturated rings. The number of phenolic OH excluding ortho intramolecular Hbond substituents is 1. The number of nitrogens with zero attached hydrogens (tertiary/aromatic N) is 1. The summed E-state index contributed by atoms with van der Waals surface area (Å²) < 4.78 is 13.5. The van der Waals surface area contributed by atoms with Crippen LogP contribution in [0.1, 0.15) is 18.4 Å². The fourth-order valence-electron chi connectivity index (χ4n) is 1.84. The molecule has 0 spiro atoms. The van der Waals surface area contributed by atoms with Crippen LogP contribution in [0.15, 0.2) is 52.0 Å². The molecule has 0 bridgehead atoms. The monoisotopic (exact) mass is 407 g/mol. The second kappa shape index (κ2) is 8.93. The average molecular weight is 408 g/mol. The Morgan fingerprint density at radius 2 is 1.80 bits per heavy atom. The van der Waals surface area contributed by atoms with Crippen LogP contribution in [0.3, 0.4) is 0 Å². The number of hydrogen-bond acceptors (Lipinski definition) is 4. The lowest BCUT2D eigenvalue weighted by Gasteiger charge is -2.04. The Labute approximate surface area is 151 Å². The Hall–Kier alpha value is -2.74. The highest BCUT2D eigenvalue weighted by molar-refractivity contribution is 9.10. The van der Waals surface area contributed by atoms with Crippen molar-refractivity contribution in [2.45, 2.75) is 12.8 Å². The number of benzene rings is 2. The highest BCUT2D eigenvalue weighted by Gasteiger charge is 2.07. The Morgan fingerprint density at radius 1 is 1.12 bits per heavy atom. The zero-order valence-corrected chi connectivity index (χ0v) is 14.6. The van der Waals surface area contributed by atoms with Crippen molar-refractivity contribution in [3.05, 3.63) is 58.3 Å². The summed E-state index contributed by atoms with van der Waals surface area (Å²) in [6.45, 7) is 0. The lowest BCUT2D eigenvalue weighted by Crippen LogP contribution is -2.20. The first kappa shape index (κ1) is 18.6. The summed E-state index contributed by atoms with van der Waals surface area (Å²) in [5, 5.41) is 15.9. The molecule has 0 aliphatic heterocycles. The molecule has 0 aromatic heterocycles. The zero-order valence-electron chi connectivity index (χ0n) is 13.0. The van der Waals surface area contributed by atoms with Crippen molar-refractivity contribution in [3.8, 4) is 5.75 Å². The number of phenols is 1. The number of aromatic hydroxyl groups is 1. The van der Waals surface area contributed by atoms with E-state index in [2.05, 4.69) is 31.8 Å². The largest absolute Gasteiger partial charge is 0.507 e. The van der Waals surface area contributed by atoms with Crippen LogP contribution in [-0.2, 0) is 9.59 Å². The highest BCUT2D eigenvalue weighted by Crippen LogP contribution is 2.19. The van der Waals surface area contributed by atoms with Gasteiger partial charge in [-0.3, -0.25) is 9.59 Å². The van der Waals surface area contributed by atoms with Gasteiger partial charge in [0.15, 0.2) is 0 Å². The van der Waals surface area contributed by atoms with Crippen molar-refractivity contribution >= 4 is 39.6 Å². The molecule has 0 unspecified atom stereocenters. The first-order valence-electron chi connectivity index (χ1n) is 7.30. The second-order valence-corrected chi connectivity index (χ2v) is 5.97. The Kier molecular flexibility index (Phi) is 6.64. The van der Waals surface area contributed by atoms with Crippen molar-refractivity contribution < 1.29 is 19.1 Å². The van der Waals surface area contributed by atoms with Gasteiger partial charge in [-0.15, -0.1) is 0 Å². The van der Waals surface area contributed by atoms with Gasteiger partial charge in [-0.1, -0.05) is 15.9 Å². The standard InChI is InChI=1S/C17H15BrFN3O3/c18-12-1-6-15(23)11(9-12)10-20-22-17(25)8-7-16(24)21-14-4-2-13(19)3-5-14/h1-6,9-10,23H,7-8H2,(H,21,24)(H,22,25)/b20-10+. The van der Waals surface area contributed by atoms with Crippen LogP contribution in [0.2, 0.25) is 0 Å². The predicted molar refractivity (Wildman–Crippen MR) is 95.8 cm³/mol. The number of nitrogens with one attached hydrogen (secondary N) is 2. The van der Waals surface area contributed by atoms with E-state index in [1.54, 1.807) is 12.1 Å². The van der Waals surface area contributed by atoms with E-state index in [0.717, 1.165) is 4.47 Å². The molecule has 0 atom stereocenters. The normalized spacial score (nSPS) is 10.6. The van der Waals surface area contributed by atoms with E-state index in [9.17, 15) is 19.1 Å². The van der Waals surface area contributed by atoms with Gasteiger partial charge in [-0.25, -0.2) is 9.82 Å². The molecule has 25 heavy (non-hydrogen) atoms. The summed E-state index contributed by atoms with van der Waals surface area (Å²) in [5.41, 5.74) is 3.17. The minimum atomic E-state index is -0.444. The quantitative estimate of drug-likeness (QED) is 0.507. The Bertz CT molecular complexity index is 794. The van der Waals surface area contributed by atoms with Crippen LogP contribution in [0.5, 0.6) is 5.75 Å². The van der Waals surface area contributed by atoms with Crippen molar-refractivity contribution in [2.75, 3.05) is 5.32 Å². The van der Waals surface area contributed by atoms with Crippen molar-refractivity contribution in [1.82, 2.24) is 5.43 Å². The third-order valence-corrected chi connectivity index (χ3v) is 3.58. The van der Waals surface area contributed by atoms with Crippen LogP contribution in [0.4, 0.5) is 10.1 Å². The van der Waals surface area contributed by atoms with Gasteiger partial charge in [0.05, 0.1) is 6.21 Å². The molecular weight excluding hydrogens is 393 g/mol. The van der Waals surface area contributed by atoms with Gasteiger partial charge in [0, 0.05) is 28.6 Å². The van der Waals surface area contributed by atoms with Crippen LogP contribution in [0, 0.1) is 5.82 Å². The van der Waals surface area contributed by atoms with Crippen LogP contribution < -0.4 is 10.7 Å². The summed E-state index contributed by atoms with van der Waals surface area (Å²) in [6, 6.07) is 10.1. The number of hydrazone groups is 1. The number of carbonyl (C=O) groups excluding carboxylic acids is 2. The van der Waals surface area contributed by atoms with Gasteiger partial charge in [0.25, 0.3) is 0 Å². The molecule has 0 radical (unpaired) electrons. The molecule has 0 saturated heterocycles. The van der Waals surface area contributed by atoms with Gasteiger partial charge in [0.2, 0.25) is 11.8 Å². The molecule has 130 valence electrons. The van der Waals surface area contributed by atoms with Crippen LogP contribution in [-0.4, -0.2) is 23.1 Å². The Morgan fingerprint density at radius 3 is 2.52 bits per heavy atom. The number of carbonyl (C=O) groups is 2. The number of halogens is 2. The van der Waals surface area contributed by atoms with Crippen LogP contribution >= 0.6 is 15.9 Å². The molecular formula is C17H15BrFN3O3. The lowest BCUT2D eigenvalue weighted by atomic mass is 10.2. The van der Waals surface area contributed by atoms with E-state index in [0.29, 0.717) is 11.3 Å². The summed E-state index contributed by atoms with van der Waals surface area (Å²) in [5.74, 6) is -1.18. The van der Waals surface area contributed by atoms with Crippen molar-refractivity contribution in [3.63, 3.8) is 0 Å². The van der Waals surface area contributed by atoms with Gasteiger partial charge >= 0.3 is 0 Å². The van der Waals surface area contributed by atoms with E-state index >= 15 is 0 Å². The molecule has 6 nitrogen and oxygen atoms in total.